The van der Waals surface area contributed by atoms with E-state index in [0.29, 0.717) is 11.8 Å². The van der Waals surface area contributed by atoms with E-state index in [2.05, 4.69) is 17.1 Å². The van der Waals surface area contributed by atoms with Crippen molar-refractivity contribution in [3.05, 3.63) is 0 Å². The third kappa shape index (κ3) is 5.08. The van der Waals surface area contributed by atoms with Crippen LogP contribution < -0.4 is 5.32 Å². The van der Waals surface area contributed by atoms with Gasteiger partial charge in [0, 0.05) is 19.5 Å². The third-order valence-corrected chi connectivity index (χ3v) is 4.96. The molecule has 1 saturated carbocycles. The molecule has 0 radical (unpaired) electrons. The lowest BCUT2D eigenvalue weighted by molar-refractivity contribution is -0.132. The number of piperidine rings is 1. The van der Waals surface area contributed by atoms with Gasteiger partial charge in [-0.15, -0.1) is 0 Å². The molecule has 1 amide bonds. The van der Waals surface area contributed by atoms with Gasteiger partial charge in [-0.1, -0.05) is 32.6 Å². The Labute approximate surface area is 124 Å². The van der Waals surface area contributed by atoms with Crippen LogP contribution in [-0.4, -0.2) is 37.0 Å². The quantitative estimate of drug-likeness (QED) is 0.777. The lowest BCUT2D eigenvalue weighted by Crippen LogP contribution is -2.41. The number of amides is 1. The minimum absolute atomic E-state index is 0.407. The second-order valence-electron chi connectivity index (χ2n) is 6.74. The van der Waals surface area contributed by atoms with E-state index in [1.165, 1.54) is 38.5 Å². The van der Waals surface area contributed by atoms with E-state index in [0.717, 1.165) is 51.4 Å². The highest BCUT2D eigenvalue weighted by Crippen LogP contribution is 2.28. The van der Waals surface area contributed by atoms with Crippen LogP contribution in [-0.2, 0) is 4.79 Å². The zero-order chi connectivity index (χ0) is 14.2. The molecule has 1 N–H and O–H groups in total. The smallest absolute Gasteiger partial charge is 0.222 e. The van der Waals surface area contributed by atoms with Gasteiger partial charge >= 0.3 is 0 Å². The molecule has 2 rings (SSSR count). The normalized spacial score (nSPS) is 23.9. The average molecular weight is 280 g/mol. The molecule has 0 aromatic heterocycles. The van der Waals surface area contributed by atoms with Gasteiger partial charge in [0.1, 0.15) is 0 Å². The summed E-state index contributed by atoms with van der Waals surface area (Å²) in [6, 6.07) is 0. The number of hydrogen-bond donors (Lipinski definition) is 1. The predicted octanol–water partition coefficient (Wildman–Crippen LogP) is 3.20. The van der Waals surface area contributed by atoms with Gasteiger partial charge in [0.05, 0.1) is 0 Å². The summed E-state index contributed by atoms with van der Waals surface area (Å²) in [6.45, 7) is 6.34. The highest BCUT2D eigenvalue weighted by molar-refractivity contribution is 5.76. The number of carbonyl (C=O) groups excluding carboxylic acids is 1. The van der Waals surface area contributed by atoms with E-state index in [4.69, 9.17) is 0 Å². The fraction of sp³-hybridized carbons (Fsp3) is 0.941. The topological polar surface area (TPSA) is 32.3 Å². The first-order valence-electron chi connectivity index (χ1n) is 8.78. The zero-order valence-electron chi connectivity index (χ0n) is 13.2. The summed E-state index contributed by atoms with van der Waals surface area (Å²) in [5.74, 6) is 1.91. The molecule has 0 aromatic rings. The van der Waals surface area contributed by atoms with Crippen molar-refractivity contribution in [2.45, 2.75) is 64.7 Å². The van der Waals surface area contributed by atoms with Crippen molar-refractivity contribution in [3.8, 4) is 0 Å². The van der Waals surface area contributed by atoms with E-state index >= 15 is 0 Å². The van der Waals surface area contributed by atoms with Crippen LogP contribution in [0.15, 0.2) is 0 Å². The van der Waals surface area contributed by atoms with Gasteiger partial charge in [0.15, 0.2) is 0 Å². The SMILES string of the molecule is CCCN(CC1CCCNC1)C(=O)CCC1CCCC1. The first-order valence-corrected chi connectivity index (χ1v) is 8.78. The van der Waals surface area contributed by atoms with Crippen LogP contribution in [0.2, 0.25) is 0 Å². The van der Waals surface area contributed by atoms with Gasteiger partial charge in [0.25, 0.3) is 0 Å². The Kier molecular flexibility index (Phi) is 6.85. The summed E-state index contributed by atoms with van der Waals surface area (Å²) in [5, 5.41) is 3.46. The Balaban J connectivity index is 1.74. The van der Waals surface area contributed by atoms with Gasteiger partial charge in [-0.05, 0) is 50.6 Å². The molecule has 20 heavy (non-hydrogen) atoms. The van der Waals surface area contributed by atoms with Crippen molar-refractivity contribution < 1.29 is 4.79 Å². The summed E-state index contributed by atoms with van der Waals surface area (Å²) in [4.78, 5) is 14.6. The van der Waals surface area contributed by atoms with Gasteiger partial charge < -0.3 is 10.2 Å². The third-order valence-electron chi connectivity index (χ3n) is 4.96. The largest absolute Gasteiger partial charge is 0.342 e. The molecule has 0 aromatic carbocycles. The zero-order valence-corrected chi connectivity index (χ0v) is 13.2. The van der Waals surface area contributed by atoms with E-state index in [1.807, 2.05) is 0 Å². The molecule has 2 aliphatic rings. The lowest BCUT2D eigenvalue weighted by atomic mass is 9.98. The van der Waals surface area contributed by atoms with Crippen molar-refractivity contribution in [1.29, 1.82) is 0 Å². The van der Waals surface area contributed by atoms with Crippen molar-refractivity contribution in [1.82, 2.24) is 10.2 Å². The Bertz CT molecular complexity index is 281. The van der Waals surface area contributed by atoms with Crippen molar-refractivity contribution >= 4 is 5.91 Å². The van der Waals surface area contributed by atoms with Crippen LogP contribution in [0.3, 0.4) is 0 Å². The Hall–Kier alpha value is -0.570. The van der Waals surface area contributed by atoms with Gasteiger partial charge in [0.2, 0.25) is 5.91 Å². The number of rotatable bonds is 7. The van der Waals surface area contributed by atoms with Crippen LogP contribution >= 0.6 is 0 Å². The van der Waals surface area contributed by atoms with E-state index in [1.54, 1.807) is 0 Å². The molecule has 1 aliphatic carbocycles. The minimum atomic E-state index is 0.407. The van der Waals surface area contributed by atoms with Crippen LogP contribution in [0, 0.1) is 11.8 Å². The summed E-state index contributed by atoms with van der Waals surface area (Å²) >= 11 is 0. The monoisotopic (exact) mass is 280 g/mol. The first kappa shape index (κ1) is 15.8. The Morgan fingerprint density at radius 2 is 1.90 bits per heavy atom. The van der Waals surface area contributed by atoms with Crippen LogP contribution in [0.5, 0.6) is 0 Å². The molecule has 1 atom stereocenters. The summed E-state index contributed by atoms with van der Waals surface area (Å²) in [7, 11) is 0. The van der Waals surface area contributed by atoms with Gasteiger partial charge in [-0.2, -0.15) is 0 Å². The molecule has 1 unspecified atom stereocenters. The van der Waals surface area contributed by atoms with E-state index in [-0.39, 0.29) is 0 Å². The van der Waals surface area contributed by atoms with Gasteiger partial charge in [-0.25, -0.2) is 0 Å². The van der Waals surface area contributed by atoms with Crippen LogP contribution in [0.25, 0.3) is 0 Å². The van der Waals surface area contributed by atoms with Crippen molar-refractivity contribution in [2.75, 3.05) is 26.2 Å². The fourth-order valence-electron chi connectivity index (χ4n) is 3.76. The maximum Gasteiger partial charge on any atom is 0.222 e. The lowest BCUT2D eigenvalue weighted by Gasteiger charge is -2.30. The van der Waals surface area contributed by atoms with E-state index < -0.39 is 0 Å². The molecule has 3 heteroatoms. The Morgan fingerprint density at radius 3 is 2.55 bits per heavy atom. The maximum absolute atomic E-state index is 12.5. The molecular formula is C17H32N2O. The second-order valence-corrected chi connectivity index (χ2v) is 6.74. The predicted molar refractivity (Wildman–Crippen MR) is 83.7 cm³/mol. The average Bonchev–Trinajstić information content (AvgIpc) is 2.99. The molecular weight excluding hydrogens is 248 g/mol. The second kappa shape index (κ2) is 8.66. The van der Waals surface area contributed by atoms with Crippen LogP contribution in [0.1, 0.15) is 64.7 Å². The maximum atomic E-state index is 12.5. The minimum Gasteiger partial charge on any atom is -0.342 e. The molecule has 1 aliphatic heterocycles. The molecule has 116 valence electrons. The van der Waals surface area contributed by atoms with Crippen LogP contribution in [0.4, 0.5) is 0 Å². The van der Waals surface area contributed by atoms with E-state index in [9.17, 15) is 4.79 Å². The Morgan fingerprint density at radius 1 is 1.15 bits per heavy atom. The highest BCUT2D eigenvalue weighted by atomic mass is 16.2. The molecule has 0 spiro atoms. The number of nitrogens with zero attached hydrogens (tertiary/aromatic N) is 1. The van der Waals surface area contributed by atoms with Crippen molar-refractivity contribution in [3.63, 3.8) is 0 Å². The van der Waals surface area contributed by atoms with Gasteiger partial charge in [-0.3, -0.25) is 4.79 Å². The summed E-state index contributed by atoms with van der Waals surface area (Å²) < 4.78 is 0. The highest BCUT2D eigenvalue weighted by Gasteiger charge is 2.22. The molecule has 2 fully saturated rings. The molecule has 1 heterocycles. The molecule has 0 bridgehead atoms. The number of nitrogens with one attached hydrogen (secondary N) is 1. The first-order chi connectivity index (χ1) is 9.79. The fourth-order valence-corrected chi connectivity index (χ4v) is 3.76. The summed E-state index contributed by atoms with van der Waals surface area (Å²) in [5.41, 5.74) is 0. The number of hydrogen-bond acceptors (Lipinski definition) is 2. The molecule has 1 saturated heterocycles. The molecule has 3 nitrogen and oxygen atoms in total. The number of carbonyl (C=O) groups is 1. The standard InChI is InChI=1S/C17H32N2O/c1-2-12-19(14-16-8-5-11-18-13-16)17(20)10-9-15-6-3-4-7-15/h15-16,18H,2-14H2,1H3. The van der Waals surface area contributed by atoms with Crippen molar-refractivity contribution in [2.24, 2.45) is 11.8 Å². The summed E-state index contributed by atoms with van der Waals surface area (Å²) in [6.07, 6.45) is 11.0.